The van der Waals surface area contributed by atoms with Gasteiger partial charge < -0.3 is 20.7 Å². The van der Waals surface area contributed by atoms with Gasteiger partial charge in [-0.3, -0.25) is 4.79 Å². The number of methoxy groups -OCH3 is 1. The maximum Gasteiger partial charge on any atom is 0.337 e. The van der Waals surface area contributed by atoms with Crippen LogP contribution in [0, 0.1) is 11.3 Å². The highest BCUT2D eigenvalue weighted by Gasteiger charge is 2.11. The van der Waals surface area contributed by atoms with Gasteiger partial charge >= 0.3 is 5.97 Å². The van der Waals surface area contributed by atoms with Crippen LogP contribution < -0.4 is 16.0 Å². The molecule has 0 bridgehead atoms. The first-order valence-corrected chi connectivity index (χ1v) is 7.51. The highest BCUT2D eigenvalue weighted by atomic mass is 16.5. The Kier molecular flexibility index (Phi) is 5.96. The first kappa shape index (κ1) is 17.8. The molecule has 0 saturated heterocycles. The average molecular weight is 338 g/mol. The van der Waals surface area contributed by atoms with Crippen molar-refractivity contribution in [3.05, 3.63) is 53.6 Å². The van der Waals surface area contributed by atoms with Crippen LogP contribution in [0.4, 0.5) is 17.1 Å². The maximum absolute atomic E-state index is 12.2. The summed E-state index contributed by atoms with van der Waals surface area (Å²) in [7, 11) is 3.02. The SMILES string of the molecule is CNc1ccc(C(=O)OC)cc1NC(=O)CNc1ccc(C#N)cc1. The van der Waals surface area contributed by atoms with Gasteiger partial charge in [0.05, 0.1) is 42.2 Å². The van der Waals surface area contributed by atoms with E-state index in [0.29, 0.717) is 22.5 Å². The van der Waals surface area contributed by atoms with Crippen molar-refractivity contribution < 1.29 is 14.3 Å². The third-order valence-corrected chi connectivity index (χ3v) is 3.45. The van der Waals surface area contributed by atoms with Crippen molar-refractivity contribution in [2.75, 3.05) is 36.7 Å². The smallest absolute Gasteiger partial charge is 0.337 e. The number of nitrogens with one attached hydrogen (secondary N) is 3. The minimum absolute atomic E-state index is 0.0392. The molecule has 0 radical (unpaired) electrons. The third-order valence-electron chi connectivity index (χ3n) is 3.45. The molecule has 25 heavy (non-hydrogen) atoms. The minimum atomic E-state index is -0.478. The Morgan fingerprint density at radius 3 is 2.44 bits per heavy atom. The van der Waals surface area contributed by atoms with Gasteiger partial charge in [-0.15, -0.1) is 0 Å². The number of hydrogen-bond donors (Lipinski definition) is 3. The van der Waals surface area contributed by atoms with Crippen molar-refractivity contribution in [3.63, 3.8) is 0 Å². The molecule has 0 fully saturated rings. The van der Waals surface area contributed by atoms with Crippen molar-refractivity contribution in [1.82, 2.24) is 0 Å². The number of carbonyl (C=O) groups excluding carboxylic acids is 2. The second kappa shape index (κ2) is 8.36. The summed E-state index contributed by atoms with van der Waals surface area (Å²) in [6, 6.07) is 13.7. The molecular weight excluding hydrogens is 320 g/mol. The summed E-state index contributed by atoms with van der Waals surface area (Å²) < 4.78 is 4.69. The monoisotopic (exact) mass is 338 g/mol. The topological polar surface area (TPSA) is 103 Å². The lowest BCUT2D eigenvalue weighted by molar-refractivity contribution is -0.114. The summed E-state index contributed by atoms with van der Waals surface area (Å²) in [5.41, 5.74) is 2.79. The summed E-state index contributed by atoms with van der Waals surface area (Å²) >= 11 is 0. The maximum atomic E-state index is 12.2. The molecular formula is C18H18N4O3. The normalized spacial score (nSPS) is 9.64. The molecule has 2 aromatic carbocycles. The number of nitrogens with zero attached hydrogens (tertiary/aromatic N) is 1. The molecule has 7 nitrogen and oxygen atoms in total. The summed E-state index contributed by atoms with van der Waals surface area (Å²) in [5, 5.41) is 17.4. The molecule has 2 rings (SSSR count). The van der Waals surface area contributed by atoms with E-state index in [9.17, 15) is 9.59 Å². The lowest BCUT2D eigenvalue weighted by Crippen LogP contribution is -2.22. The van der Waals surface area contributed by atoms with E-state index in [2.05, 4.69) is 20.7 Å². The Morgan fingerprint density at radius 1 is 1.12 bits per heavy atom. The Bertz CT molecular complexity index is 810. The quantitative estimate of drug-likeness (QED) is 0.699. The third kappa shape index (κ3) is 4.72. The van der Waals surface area contributed by atoms with Crippen LogP contribution in [0.2, 0.25) is 0 Å². The Balaban J connectivity index is 2.03. The van der Waals surface area contributed by atoms with Gasteiger partial charge in [-0.2, -0.15) is 5.26 Å². The number of amides is 1. The predicted octanol–water partition coefficient (Wildman–Crippen LogP) is 2.44. The van der Waals surface area contributed by atoms with Crippen molar-refractivity contribution >= 4 is 28.9 Å². The molecule has 2 aromatic rings. The van der Waals surface area contributed by atoms with Gasteiger partial charge in [-0.1, -0.05) is 0 Å². The Morgan fingerprint density at radius 2 is 1.84 bits per heavy atom. The number of esters is 1. The largest absolute Gasteiger partial charge is 0.465 e. The number of anilines is 3. The molecule has 0 atom stereocenters. The summed E-state index contributed by atoms with van der Waals surface area (Å²) in [6.07, 6.45) is 0. The van der Waals surface area contributed by atoms with Crippen LogP contribution in [0.25, 0.3) is 0 Å². The van der Waals surface area contributed by atoms with Gasteiger partial charge in [0.1, 0.15) is 0 Å². The molecule has 0 saturated carbocycles. The van der Waals surface area contributed by atoms with Crippen LogP contribution in [-0.4, -0.2) is 32.6 Å². The van der Waals surface area contributed by atoms with Crippen LogP contribution in [-0.2, 0) is 9.53 Å². The second-order valence-electron chi connectivity index (χ2n) is 5.09. The first-order valence-electron chi connectivity index (χ1n) is 7.51. The number of benzene rings is 2. The Hall–Kier alpha value is -3.53. The standard InChI is InChI=1S/C18H18N4O3/c1-20-15-8-5-13(18(24)25-2)9-16(15)22-17(23)11-21-14-6-3-12(10-19)4-7-14/h3-9,20-21H,11H2,1-2H3,(H,22,23). The number of carbonyl (C=O) groups is 2. The van der Waals surface area contributed by atoms with E-state index in [1.165, 1.54) is 7.11 Å². The van der Waals surface area contributed by atoms with Gasteiger partial charge in [-0.05, 0) is 42.5 Å². The number of ether oxygens (including phenoxy) is 1. The average Bonchev–Trinajstić information content (AvgIpc) is 2.66. The van der Waals surface area contributed by atoms with Crippen molar-refractivity contribution in [3.8, 4) is 6.07 Å². The summed E-state index contributed by atoms with van der Waals surface area (Å²) in [4.78, 5) is 23.8. The number of hydrogen-bond acceptors (Lipinski definition) is 6. The van der Waals surface area contributed by atoms with Crippen LogP contribution in [0.3, 0.4) is 0 Å². The van der Waals surface area contributed by atoms with E-state index in [1.54, 1.807) is 49.5 Å². The zero-order chi connectivity index (χ0) is 18.2. The molecule has 0 spiro atoms. The number of rotatable bonds is 6. The van der Waals surface area contributed by atoms with Crippen LogP contribution in [0.15, 0.2) is 42.5 Å². The van der Waals surface area contributed by atoms with Crippen LogP contribution in [0.5, 0.6) is 0 Å². The van der Waals surface area contributed by atoms with Gasteiger partial charge in [0.25, 0.3) is 0 Å². The van der Waals surface area contributed by atoms with E-state index in [0.717, 1.165) is 5.69 Å². The molecule has 128 valence electrons. The molecule has 7 heteroatoms. The molecule has 0 heterocycles. The molecule has 0 aliphatic heterocycles. The highest BCUT2D eigenvalue weighted by molar-refractivity contribution is 5.99. The fourth-order valence-electron chi connectivity index (χ4n) is 2.15. The van der Waals surface area contributed by atoms with Gasteiger partial charge in [-0.25, -0.2) is 4.79 Å². The fourth-order valence-corrected chi connectivity index (χ4v) is 2.15. The molecule has 0 unspecified atom stereocenters. The lowest BCUT2D eigenvalue weighted by Gasteiger charge is -2.13. The van der Waals surface area contributed by atoms with E-state index < -0.39 is 5.97 Å². The molecule has 3 N–H and O–H groups in total. The van der Waals surface area contributed by atoms with E-state index in [1.807, 2.05) is 6.07 Å². The number of nitriles is 1. The molecule has 0 aliphatic rings. The van der Waals surface area contributed by atoms with Crippen molar-refractivity contribution in [2.24, 2.45) is 0 Å². The van der Waals surface area contributed by atoms with E-state index in [-0.39, 0.29) is 12.5 Å². The lowest BCUT2D eigenvalue weighted by atomic mass is 10.1. The van der Waals surface area contributed by atoms with Gasteiger partial charge in [0, 0.05) is 12.7 Å². The van der Waals surface area contributed by atoms with Crippen LogP contribution >= 0.6 is 0 Å². The molecule has 1 amide bonds. The molecule has 0 aromatic heterocycles. The zero-order valence-electron chi connectivity index (χ0n) is 13.9. The first-order chi connectivity index (χ1) is 12.1. The van der Waals surface area contributed by atoms with Crippen molar-refractivity contribution in [2.45, 2.75) is 0 Å². The minimum Gasteiger partial charge on any atom is -0.465 e. The van der Waals surface area contributed by atoms with Gasteiger partial charge in [0.15, 0.2) is 0 Å². The summed E-state index contributed by atoms with van der Waals surface area (Å²) in [6.45, 7) is 0.0392. The second-order valence-corrected chi connectivity index (χ2v) is 5.09. The Labute approximate surface area is 145 Å². The summed E-state index contributed by atoms with van der Waals surface area (Å²) in [5.74, 6) is -0.753. The highest BCUT2D eigenvalue weighted by Crippen LogP contribution is 2.23. The van der Waals surface area contributed by atoms with E-state index in [4.69, 9.17) is 5.26 Å². The van der Waals surface area contributed by atoms with Gasteiger partial charge in [0.2, 0.25) is 5.91 Å². The predicted molar refractivity (Wildman–Crippen MR) is 95.6 cm³/mol. The molecule has 0 aliphatic carbocycles. The van der Waals surface area contributed by atoms with Crippen LogP contribution in [0.1, 0.15) is 15.9 Å². The van der Waals surface area contributed by atoms with Crippen molar-refractivity contribution in [1.29, 1.82) is 5.26 Å². The zero-order valence-corrected chi connectivity index (χ0v) is 13.9. The van der Waals surface area contributed by atoms with E-state index >= 15 is 0 Å². The fraction of sp³-hybridized carbons (Fsp3) is 0.167.